The molecule has 1 N–H and O–H groups in total. The number of nitriles is 1. The molecular formula is C13H14F2N2O. The molecule has 18 heavy (non-hydrogen) atoms. The highest BCUT2D eigenvalue weighted by atomic mass is 19.2. The minimum Gasteiger partial charge on any atom is -0.351 e. The van der Waals surface area contributed by atoms with Gasteiger partial charge in [-0.2, -0.15) is 5.26 Å². The fourth-order valence-electron chi connectivity index (χ4n) is 1.50. The van der Waals surface area contributed by atoms with Gasteiger partial charge in [0.05, 0.1) is 6.07 Å². The third-order valence-electron chi connectivity index (χ3n) is 2.50. The summed E-state index contributed by atoms with van der Waals surface area (Å²) in [6.07, 6.45) is 1.22. The predicted molar refractivity (Wildman–Crippen MR) is 62.2 cm³/mol. The Kier molecular flexibility index (Phi) is 5.25. The van der Waals surface area contributed by atoms with Gasteiger partial charge in [-0.05, 0) is 24.1 Å². The van der Waals surface area contributed by atoms with Crippen LogP contribution in [-0.2, 0) is 11.3 Å². The summed E-state index contributed by atoms with van der Waals surface area (Å²) >= 11 is 0. The van der Waals surface area contributed by atoms with Crippen molar-refractivity contribution in [2.45, 2.75) is 26.3 Å². The number of hydrogen-bond acceptors (Lipinski definition) is 2. The van der Waals surface area contributed by atoms with E-state index >= 15 is 0 Å². The first-order chi connectivity index (χ1) is 8.58. The number of rotatable bonds is 5. The number of carbonyl (C=O) groups is 1. The van der Waals surface area contributed by atoms with Crippen molar-refractivity contribution in [2.24, 2.45) is 5.92 Å². The maximum Gasteiger partial charge on any atom is 0.237 e. The van der Waals surface area contributed by atoms with Gasteiger partial charge in [-0.25, -0.2) is 8.78 Å². The van der Waals surface area contributed by atoms with Crippen molar-refractivity contribution >= 4 is 5.91 Å². The minimum absolute atomic E-state index is 0.0813. The predicted octanol–water partition coefficient (Wildman–Crippen LogP) is 2.52. The van der Waals surface area contributed by atoms with Crippen LogP contribution in [0.2, 0.25) is 0 Å². The lowest BCUT2D eigenvalue weighted by atomic mass is 10.0. The second-order valence-corrected chi connectivity index (χ2v) is 3.94. The van der Waals surface area contributed by atoms with Gasteiger partial charge in [0, 0.05) is 6.54 Å². The molecule has 1 atom stereocenters. The molecule has 3 nitrogen and oxygen atoms in total. The average molecular weight is 252 g/mol. The lowest BCUT2D eigenvalue weighted by Crippen LogP contribution is -2.29. The van der Waals surface area contributed by atoms with E-state index in [2.05, 4.69) is 5.32 Å². The molecule has 1 rings (SSSR count). The maximum absolute atomic E-state index is 12.9. The van der Waals surface area contributed by atoms with E-state index in [1.165, 1.54) is 6.07 Å². The highest BCUT2D eigenvalue weighted by Crippen LogP contribution is 2.09. The van der Waals surface area contributed by atoms with Crippen molar-refractivity contribution in [1.29, 1.82) is 5.26 Å². The number of nitrogens with one attached hydrogen (secondary N) is 1. The first kappa shape index (κ1) is 14.1. The van der Waals surface area contributed by atoms with Crippen molar-refractivity contribution in [3.8, 4) is 6.07 Å². The summed E-state index contributed by atoms with van der Waals surface area (Å²) in [4.78, 5) is 11.6. The Morgan fingerprint density at radius 2 is 2.17 bits per heavy atom. The number of carbonyl (C=O) groups excluding carboxylic acids is 1. The van der Waals surface area contributed by atoms with E-state index in [4.69, 9.17) is 5.26 Å². The van der Waals surface area contributed by atoms with E-state index in [1.807, 2.05) is 13.0 Å². The van der Waals surface area contributed by atoms with Crippen LogP contribution in [0, 0.1) is 28.9 Å². The van der Waals surface area contributed by atoms with Crippen molar-refractivity contribution in [3.63, 3.8) is 0 Å². The van der Waals surface area contributed by atoms with E-state index < -0.39 is 17.6 Å². The first-order valence-electron chi connectivity index (χ1n) is 5.69. The zero-order chi connectivity index (χ0) is 13.5. The van der Waals surface area contributed by atoms with Crippen LogP contribution in [0.25, 0.3) is 0 Å². The summed E-state index contributed by atoms with van der Waals surface area (Å²) in [5.74, 6) is -2.96. The molecule has 1 aromatic rings. The van der Waals surface area contributed by atoms with E-state index in [0.717, 1.165) is 18.6 Å². The summed E-state index contributed by atoms with van der Waals surface area (Å²) < 4.78 is 25.6. The van der Waals surface area contributed by atoms with Crippen molar-refractivity contribution in [1.82, 2.24) is 5.32 Å². The molecular weight excluding hydrogens is 238 g/mol. The first-order valence-corrected chi connectivity index (χ1v) is 5.69. The van der Waals surface area contributed by atoms with E-state index in [-0.39, 0.29) is 12.5 Å². The average Bonchev–Trinajstić information content (AvgIpc) is 2.37. The molecule has 0 aliphatic carbocycles. The van der Waals surface area contributed by atoms with Gasteiger partial charge in [-0.1, -0.05) is 19.4 Å². The van der Waals surface area contributed by atoms with Gasteiger partial charge in [0.25, 0.3) is 0 Å². The topological polar surface area (TPSA) is 52.9 Å². The summed E-state index contributed by atoms with van der Waals surface area (Å²) in [5.41, 5.74) is 0.454. The minimum atomic E-state index is -0.952. The Morgan fingerprint density at radius 3 is 2.72 bits per heavy atom. The smallest absolute Gasteiger partial charge is 0.237 e. The van der Waals surface area contributed by atoms with Crippen molar-refractivity contribution in [3.05, 3.63) is 35.4 Å². The van der Waals surface area contributed by atoms with Crippen LogP contribution in [0.1, 0.15) is 25.3 Å². The highest BCUT2D eigenvalue weighted by Gasteiger charge is 2.16. The standard InChI is InChI=1S/C13H14F2N2O/c1-2-3-10(7-16)13(18)17-8-9-4-5-11(14)12(15)6-9/h4-6,10H,2-3,8H2,1H3,(H,17,18). The molecule has 0 aromatic heterocycles. The molecule has 96 valence electrons. The van der Waals surface area contributed by atoms with E-state index in [0.29, 0.717) is 12.0 Å². The Bertz CT molecular complexity index is 469. The fraction of sp³-hybridized carbons (Fsp3) is 0.385. The third kappa shape index (κ3) is 3.81. The molecule has 0 spiro atoms. The van der Waals surface area contributed by atoms with Gasteiger partial charge in [-0.3, -0.25) is 4.79 Å². The molecule has 1 unspecified atom stereocenters. The summed E-state index contributed by atoms with van der Waals surface area (Å²) in [6.45, 7) is 1.96. The molecule has 1 amide bonds. The SMILES string of the molecule is CCCC(C#N)C(=O)NCc1ccc(F)c(F)c1. The fourth-order valence-corrected chi connectivity index (χ4v) is 1.50. The van der Waals surface area contributed by atoms with Gasteiger partial charge in [0.15, 0.2) is 11.6 Å². The number of nitrogens with zero attached hydrogens (tertiary/aromatic N) is 1. The Labute approximate surface area is 104 Å². The van der Waals surface area contributed by atoms with Crippen molar-refractivity contribution in [2.75, 3.05) is 0 Å². The van der Waals surface area contributed by atoms with E-state index in [1.54, 1.807) is 0 Å². The quantitative estimate of drug-likeness (QED) is 0.875. The van der Waals surface area contributed by atoms with Crippen LogP contribution in [0.4, 0.5) is 8.78 Å². The molecule has 0 aliphatic heterocycles. The highest BCUT2D eigenvalue weighted by molar-refractivity contribution is 5.80. The van der Waals surface area contributed by atoms with Crippen molar-refractivity contribution < 1.29 is 13.6 Å². The molecule has 0 radical (unpaired) electrons. The zero-order valence-electron chi connectivity index (χ0n) is 10.0. The van der Waals surface area contributed by atoms with Crippen LogP contribution >= 0.6 is 0 Å². The molecule has 0 fully saturated rings. The monoisotopic (exact) mass is 252 g/mol. The number of benzene rings is 1. The lowest BCUT2D eigenvalue weighted by Gasteiger charge is -2.09. The van der Waals surface area contributed by atoms with Crippen LogP contribution < -0.4 is 5.32 Å². The molecule has 0 saturated carbocycles. The van der Waals surface area contributed by atoms with Crippen LogP contribution in [0.3, 0.4) is 0 Å². The zero-order valence-corrected chi connectivity index (χ0v) is 10.0. The normalized spacial score (nSPS) is 11.7. The summed E-state index contributed by atoms with van der Waals surface area (Å²) in [6, 6.07) is 5.33. The lowest BCUT2D eigenvalue weighted by molar-refractivity contribution is -0.123. The molecule has 0 saturated heterocycles. The van der Waals surface area contributed by atoms with Crippen LogP contribution in [0.15, 0.2) is 18.2 Å². The van der Waals surface area contributed by atoms with Gasteiger partial charge in [0.1, 0.15) is 5.92 Å². The van der Waals surface area contributed by atoms with Gasteiger partial charge < -0.3 is 5.32 Å². The molecule has 0 bridgehead atoms. The third-order valence-corrected chi connectivity index (χ3v) is 2.50. The number of halogens is 2. The maximum atomic E-state index is 12.9. The van der Waals surface area contributed by atoms with Crippen LogP contribution in [0.5, 0.6) is 0 Å². The summed E-state index contributed by atoms with van der Waals surface area (Å²) in [5, 5.41) is 11.3. The largest absolute Gasteiger partial charge is 0.351 e. The van der Waals surface area contributed by atoms with Gasteiger partial charge in [0.2, 0.25) is 5.91 Å². The van der Waals surface area contributed by atoms with Gasteiger partial charge in [-0.15, -0.1) is 0 Å². The van der Waals surface area contributed by atoms with Crippen LogP contribution in [-0.4, -0.2) is 5.91 Å². The second kappa shape index (κ2) is 6.70. The molecule has 0 aliphatic rings. The van der Waals surface area contributed by atoms with Gasteiger partial charge >= 0.3 is 0 Å². The molecule has 5 heteroatoms. The Morgan fingerprint density at radius 1 is 1.44 bits per heavy atom. The molecule has 0 heterocycles. The second-order valence-electron chi connectivity index (χ2n) is 3.94. The number of hydrogen-bond donors (Lipinski definition) is 1. The van der Waals surface area contributed by atoms with E-state index in [9.17, 15) is 13.6 Å². The molecule has 1 aromatic carbocycles. The summed E-state index contributed by atoms with van der Waals surface area (Å²) in [7, 11) is 0. The Balaban J connectivity index is 2.57. The Hall–Kier alpha value is -1.96. The number of amides is 1.